The predicted molar refractivity (Wildman–Crippen MR) is 73.5 cm³/mol. The molecule has 1 heterocycles. The Morgan fingerprint density at radius 3 is 2.67 bits per heavy atom. The minimum absolute atomic E-state index is 0.176. The van der Waals surface area contributed by atoms with Crippen LogP contribution >= 0.6 is 0 Å². The molecule has 2 unspecified atom stereocenters. The Bertz CT molecular complexity index is 281. The molecule has 18 heavy (non-hydrogen) atoms. The third kappa shape index (κ3) is 3.69. The Hall–Kier alpha value is -0.610. The molecule has 0 aromatic carbocycles. The molecule has 0 radical (unpaired) electrons. The highest BCUT2D eigenvalue weighted by Gasteiger charge is 2.34. The van der Waals surface area contributed by atoms with Gasteiger partial charge in [0.2, 0.25) is 0 Å². The second kappa shape index (κ2) is 6.53. The van der Waals surface area contributed by atoms with E-state index >= 15 is 0 Å². The van der Waals surface area contributed by atoms with Crippen molar-refractivity contribution < 1.29 is 9.53 Å². The van der Waals surface area contributed by atoms with Gasteiger partial charge in [-0.3, -0.25) is 4.79 Å². The van der Waals surface area contributed by atoms with Crippen LogP contribution in [0.3, 0.4) is 0 Å². The van der Waals surface area contributed by atoms with E-state index in [-0.39, 0.29) is 5.97 Å². The summed E-state index contributed by atoms with van der Waals surface area (Å²) in [5.41, 5.74) is -0.565. The molecule has 0 aromatic rings. The van der Waals surface area contributed by atoms with E-state index in [0.717, 1.165) is 31.3 Å². The van der Waals surface area contributed by atoms with E-state index in [1.165, 1.54) is 20.1 Å². The minimum atomic E-state index is -0.565. The molecule has 0 aromatic heterocycles. The van der Waals surface area contributed by atoms with Gasteiger partial charge in [-0.2, -0.15) is 0 Å². The molecule has 1 aliphatic heterocycles. The predicted octanol–water partition coefficient (Wildman–Crippen LogP) is 1.51. The number of nitrogens with zero attached hydrogens (tertiary/aromatic N) is 1. The summed E-state index contributed by atoms with van der Waals surface area (Å²) in [6.45, 7) is 9.77. The molecule has 1 fully saturated rings. The molecule has 0 aliphatic carbocycles. The van der Waals surface area contributed by atoms with Gasteiger partial charge in [-0.15, -0.1) is 0 Å². The molecule has 0 spiro atoms. The van der Waals surface area contributed by atoms with Gasteiger partial charge < -0.3 is 15.0 Å². The summed E-state index contributed by atoms with van der Waals surface area (Å²) in [6.07, 6.45) is 2.08. The monoisotopic (exact) mass is 256 g/mol. The lowest BCUT2D eigenvalue weighted by atomic mass is 9.95. The van der Waals surface area contributed by atoms with Crippen LogP contribution in [-0.4, -0.2) is 50.2 Å². The maximum Gasteiger partial charge on any atom is 0.325 e. The Morgan fingerprint density at radius 2 is 2.22 bits per heavy atom. The summed E-state index contributed by atoms with van der Waals surface area (Å²) in [6, 6.07) is 0. The van der Waals surface area contributed by atoms with Crippen LogP contribution in [0.1, 0.15) is 33.6 Å². The molecule has 4 nitrogen and oxygen atoms in total. The smallest absolute Gasteiger partial charge is 0.325 e. The topological polar surface area (TPSA) is 41.6 Å². The molecule has 1 saturated heterocycles. The van der Waals surface area contributed by atoms with E-state index in [1.54, 1.807) is 0 Å². The van der Waals surface area contributed by atoms with Gasteiger partial charge in [-0.1, -0.05) is 13.8 Å². The van der Waals surface area contributed by atoms with Crippen LogP contribution in [0.4, 0.5) is 0 Å². The fourth-order valence-corrected chi connectivity index (χ4v) is 2.55. The summed E-state index contributed by atoms with van der Waals surface area (Å²) in [5.74, 6) is 1.39. The van der Waals surface area contributed by atoms with Crippen LogP contribution in [0.15, 0.2) is 0 Å². The zero-order valence-corrected chi connectivity index (χ0v) is 12.5. The van der Waals surface area contributed by atoms with E-state index < -0.39 is 5.54 Å². The second-order valence-electron chi connectivity index (χ2n) is 5.92. The van der Waals surface area contributed by atoms with Crippen LogP contribution in [0.2, 0.25) is 0 Å². The van der Waals surface area contributed by atoms with Crippen molar-refractivity contribution in [1.29, 1.82) is 0 Å². The summed E-state index contributed by atoms with van der Waals surface area (Å²) in [5, 5.41) is 3.09. The summed E-state index contributed by atoms with van der Waals surface area (Å²) in [4.78, 5) is 14.2. The van der Waals surface area contributed by atoms with Gasteiger partial charge in [0.1, 0.15) is 5.54 Å². The number of hydrogen-bond acceptors (Lipinski definition) is 4. The Labute approximate surface area is 111 Å². The van der Waals surface area contributed by atoms with Gasteiger partial charge in [-0.05, 0) is 45.2 Å². The van der Waals surface area contributed by atoms with E-state index in [1.807, 2.05) is 14.0 Å². The average Bonchev–Trinajstić information content (AvgIpc) is 2.84. The summed E-state index contributed by atoms with van der Waals surface area (Å²) in [7, 11) is 3.26. The van der Waals surface area contributed by atoms with Gasteiger partial charge in [0.25, 0.3) is 0 Å². The third-order valence-corrected chi connectivity index (χ3v) is 4.37. The van der Waals surface area contributed by atoms with E-state index in [4.69, 9.17) is 4.74 Å². The van der Waals surface area contributed by atoms with Gasteiger partial charge >= 0.3 is 5.97 Å². The van der Waals surface area contributed by atoms with Crippen LogP contribution in [-0.2, 0) is 9.53 Å². The fraction of sp³-hybridized carbons (Fsp3) is 0.929. The molecule has 106 valence electrons. The molecular formula is C14H28N2O2. The maximum absolute atomic E-state index is 11.7. The molecule has 1 N–H and O–H groups in total. The second-order valence-corrected chi connectivity index (χ2v) is 5.92. The van der Waals surface area contributed by atoms with Gasteiger partial charge in [0.05, 0.1) is 7.11 Å². The maximum atomic E-state index is 11.7. The number of methoxy groups -OCH3 is 1. The van der Waals surface area contributed by atoms with Crippen molar-refractivity contribution in [2.75, 3.05) is 33.8 Å². The largest absolute Gasteiger partial charge is 0.468 e. The van der Waals surface area contributed by atoms with Crippen molar-refractivity contribution >= 4 is 5.97 Å². The standard InChI is InChI=1S/C14H28N2O2/c1-11(2)12-6-8-16(10-12)9-7-14(3,15-4)13(17)18-5/h11-12,15H,6-10H2,1-5H3. The van der Waals surface area contributed by atoms with Crippen LogP contribution in [0, 0.1) is 11.8 Å². The molecule has 0 bridgehead atoms. The van der Waals surface area contributed by atoms with Gasteiger partial charge in [0, 0.05) is 13.1 Å². The lowest BCUT2D eigenvalue weighted by Gasteiger charge is -2.28. The number of hydrogen-bond donors (Lipinski definition) is 1. The molecule has 1 rings (SSSR count). The zero-order chi connectivity index (χ0) is 13.8. The Morgan fingerprint density at radius 1 is 1.56 bits per heavy atom. The van der Waals surface area contributed by atoms with Gasteiger partial charge in [0.15, 0.2) is 0 Å². The first-order valence-electron chi connectivity index (χ1n) is 6.92. The van der Waals surface area contributed by atoms with Crippen molar-refractivity contribution in [1.82, 2.24) is 10.2 Å². The number of esters is 1. The zero-order valence-electron chi connectivity index (χ0n) is 12.5. The van der Waals surface area contributed by atoms with Crippen LogP contribution in [0.5, 0.6) is 0 Å². The van der Waals surface area contributed by atoms with Crippen molar-refractivity contribution in [2.24, 2.45) is 11.8 Å². The number of nitrogens with one attached hydrogen (secondary N) is 1. The number of ether oxygens (including phenoxy) is 1. The van der Waals surface area contributed by atoms with Crippen LogP contribution in [0.25, 0.3) is 0 Å². The first-order valence-corrected chi connectivity index (χ1v) is 6.92. The van der Waals surface area contributed by atoms with E-state index in [2.05, 4.69) is 24.1 Å². The lowest BCUT2D eigenvalue weighted by molar-refractivity contribution is -0.148. The van der Waals surface area contributed by atoms with Gasteiger partial charge in [-0.25, -0.2) is 0 Å². The quantitative estimate of drug-likeness (QED) is 0.731. The Kier molecular flexibility index (Phi) is 5.60. The first-order chi connectivity index (χ1) is 8.42. The van der Waals surface area contributed by atoms with Crippen molar-refractivity contribution in [3.63, 3.8) is 0 Å². The van der Waals surface area contributed by atoms with Crippen molar-refractivity contribution in [2.45, 2.75) is 39.2 Å². The number of carbonyl (C=O) groups excluding carboxylic acids is 1. The summed E-state index contributed by atoms with van der Waals surface area (Å²) >= 11 is 0. The number of likely N-dealkylation sites (tertiary alicyclic amines) is 1. The summed E-state index contributed by atoms with van der Waals surface area (Å²) < 4.78 is 4.86. The highest BCUT2D eigenvalue weighted by Crippen LogP contribution is 2.24. The number of rotatable bonds is 6. The molecule has 0 amide bonds. The minimum Gasteiger partial charge on any atom is -0.468 e. The van der Waals surface area contributed by atoms with E-state index in [0.29, 0.717) is 0 Å². The highest BCUT2D eigenvalue weighted by atomic mass is 16.5. The lowest BCUT2D eigenvalue weighted by Crippen LogP contribution is -2.50. The van der Waals surface area contributed by atoms with Crippen molar-refractivity contribution in [3.8, 4) is 0 Å². The van der Waals surface area contributed by atoms with Crippen LogP contribution < -0.4 is 5.32 Å². The van der Waals surface area contributed by atoms with Crippen molar-refractivity contribution in [3.05, 3.63) is 0 Å². The molecule has 0 saturated carbocycles. The average molecular weight is 256 g/mol. The molecular weight excluding hydrogens is 228 g/mol. The SMILES string of the molecule is CNC(C)(CCN1CCC(C(C)C)C1)C(=O)OC. The Balaban J connectivity index is 2.43. The highest BCUT2D eigenvalue weighted by molar-refractivity contribution is 5.80. The normalized spacial score (nSPS) is 24.2. The third-order valence-electron chi connectivity index (χ3n) is 4.37. The first kappa shape index (κ1) is 15.4. The number of carbonyl (C=O) groups is 1. The fourth-order valence-electron chi connectivity index (χ4n) is 2.55. The number of likely N-dealkylation sites (N-methyl/N-ethyl adjacent to an activating group) is 1. The molecule has 1 aliphatic rings. The molecule has 2 atom stereocenters. The van der Waals surface area contributed by atoms with E-state index in [9.17, 15) is 4.79 Å². The molecule has 4 heteroatoms.